The van der Waals surface area contributed by atoms with Crippen molar-refractivity contribution in [2.45, 2.75) is 31.9 Å². The highest BCUT2D eigenvalue weighted by molar-refractivity contribution is 5.74. The minimum Gasteiger partial charge on any atom is -0.352 e. The monoisotopic (exact) mass is 370 g/mol. The van der Waals surface area contributed by atoms with E-state index in [1.165, 1.54) is 20.3 Å². The van der Waals surface area contributed by atoms with Gasteiger partial charge in [0.15, 0.2) is 5.65 Å². The number of halogens is 2. The van der Waals surface area contributed by atoms with Crippen molar-refractivity contribution in [3.05, 3.63) is 58.0 Å². The van der Waals surface area contributed by atoms with Crippen molar-refractivity contribution in [3.8, 4) is 0 Å². The van der Waals surface area contributed by atoms with Crippen LogP contribution in [0.3, 0.4) is 0 Å². The topological polar surface area (TPSA) is 43.1 Å². The third-order valence-corrected chi connectivity index (χ3v) is 5.78. The summed E-state index contributed by atoms with van der Waals surface area (Å²) in [5, 5.41) is 0. The zero-order chi connectivity index (χ0) is 18.8. The Morgan fingerprint density at radius 1 is 1.19 bits per heavy atom. The summed E-state index contributed by atoms with van der Waals surface area (Å²) >= 11 is 0. The number of hydrogen-bond acceptors (Lipinski definition) is 3. The molecule has 1 unspecified atom stereocenters. The summed E-state index contributed by atoms with van der Waals surface area (Å²) in [4.78, 5) is 19.4. The van der Waals surface area contributed by atoms with E-state index in [1.807, 2.05) is 18.2 Å². The SMILES string of the molecule is Cn1c(=O)n(CC2CC2(F)F)c2ccc(N3CCc4ccccc4C3)nc21. The fraction of sp³-hybridized carbons (Fsp3) is 0.400. The smallest absolute Gasteiger partial charge is 0.330 e. The molecule has 7 heteroatoms. The zero-order valence-corrected chi connectivity index (χ0v) is 15.0. The van der Waals surface area contributed by atoms with Crippen molar-refractivity contribution in [2.75, 3.05) is 11.4 Å². The number of rotatable bonds is 3. The first kappa shape index (κ1) is 16.5. The van der Waals surface area contributed by atoms with Gasteiger partial charge in [-0.1, -0.05) is 24.3 Å². The van der Waals surface area contributed by atoms with Crippen molar-refractivity contribution < 1.29 is 8.78 Å². The molecule has 5 nitrogen and oxygen atoms in total. The van der Waals surface area contributed by atoms with Crippen molar-refractivity contribution in [3.63, 3.8) is 0 Å². The van der Waals surface area contributed by atoms with Crippen LogP contribution in [0.5, 0.6) is 0 Å². The lowest BCUT2D eigenvalue weighted by atomic mass is 10.00. The molecule has 0 amide bonds. The highest BCUT2D eigenvalue weighted by Crippen LogP contribution is 2.49. The zero-order valence-electron chi connectivity index (χ0n) is 15.0. The van der Waals surface area contributed by atoms with Crippen LogP contribution < -0.4 is 10.6 Å². The van der Waals surface area contributed by atoms with Gasteiger partial charge in [0.05, 0.1) is 5.52 Å². The first-order chi connectivity index (χ1) is 12.9. The van der Waals surface area contributed by atoms with Crippen molar-refractivity contribution in [1.29, 1.82) is 0 Å². The van der Waals surface area contributed by atoms with Crippen molar-refractivity contribution >= 4 is 17.0 Å². The van der Waals surface area contributed by atoms with Gasteiger partial charge in [-0.15, -0.1) is 0 Å². The van der Waals surface area contributed by atoms with Crippen LogP contribution in [-0.2, 0) is 26.6 Å². The maximum Gasteiger partial charge on any atom is 0.330 e. The van der Waals surface area contributed by atoms with Crippen LogP contribution in [0.15, 0.2) is 41.2 Å². The van der Waals surface area contributed by atoms with E-state index >= 15 is 0 Å². The molecule has 0 spiro atoms. The predicted molar refractivity (Wildman–Crippen MR) is 99.2 cm³/mol. The molecular formula is C20H20F2N4O. The van der Waals surface area contributed by atoms with E-state index in [0.717, 1.165) is 25.3 Å². The van der Waals surface area contributed by atoms with E-state index < -0.39 is 11.8 Å². The Morgan fingerprint density at radius 3 is 2.67 bits per heavy atom. The summed E-state index contributed by atoms with van der Waals surface area (Å²) in [5.74, 6) is -2.59. The minimum atomic E-state index is -2.64. The Hall–Kier alpha value is -2.70. The van der Waals surface area contributed by atoms with Gasteiger partial charge in [-0.25, -0.2) is 18.6 Å². The van der Waals surface area contributed by atoms with E-state index in [1.54, 1.807) is 7.05 Å². The second-order valence-electron chi connectivity index (χ2n) is 7.57. The number of fused-ring (bicyclic) bond motifs is 2. The van der Waals surface area contributed by atoms with E-state index in [9.17, 15) is 13.6 Å². The number of aryl methyl sites for hydroxylation is 1. The average molecular weight is 370 g/mol. The van der Waals surface area contributed by atoms with Crippen LogP contribution >= 0.6 is 0 Å². The standard InChI is InChI=1S/C20H20F2N4O/c1-24-18-16(26(19(24)27)12-15-10-20(15,21)22)6-7-17(23-18)25-9-8-13-4-2-3-5-14(13)11-25/h2-7,15H,8-12H2,1H3. The fourth-order valence-electron chi connectivity index (χ4n) is 4.00. The molecule has 1 fully saturated rings. The van der Waals surface area contributed by atoms with Crippen LogP contribution in [0.2, 0.25) is 0 Å². The van der Waals surface area contributed by atoms with E-state index in [-0.39, 0.29) is 18.7 Å². The minimum absolute atomic E-state index is 0.0429. The summed E-state index contributed by atoms with van der Waals surface area (Å²) < 4.78 is 29.5. The Balaban J connectivity index is 1.50. The molecule has 0 radical (unpaired) electrons. The maximum atomic E-state index is 13.3. The second-order valence-corrected chi connectivity index (χ2v) is 7.57. The van der Waals surface area contributed by atoms with Gasteiger partial charge in [0.25, 0.3) is 5.92 Å². The number of imidazole rings is 1. The largest absolute Gasteiger partial charge is 0.352 e. The number of alkyl halides is 2. The molecule has 1 aliphatic carbocycles. The number of anilines is 1. The lowest BCUT2D eigenvalue weighted by Crippen LogP contribution is -2.31. The number of pyridine rings is 1. The first-order valence-corrected chi connectivity index (χ1v) is 9.20. The van der Waals surface area contributed by atoms with Crippen molar-refractivity contribution in [1.82, 2.24) is 14.1 Å². The molecule has 0 bridgehead atoms. The fourth-order valence-corrected chi connectivity index (χ4v) is 4.00. The molecule has 27 heavy (non-hydrogen) atoms. The Morgan fingerprint density at radius 2 is 1.93 bits per heavy atom. The van der Waals surface area contributed by atoms with Crippen LogP contribution in [0.25, 0.3) is 11.2 Å². The summed E-state index contributed by atoms with van der Waals surface area (Å²) in [5.41, 5.74) is 3.51. The third-order valence-electron chi connectivity index (χ3n) is 5.78. The number of hydrogen-bond donors (Lipinski definition) is 0. The van der Waals surface area contributed by atoms with Gasteiger partial charge < -0.3 is 4.90 Å². The molecule has 1 aromatic carbocycles. The highest BCUT2D eigenvalue weighted by Gasteiger charge is 2.57. The quantitative estimate of drug-likeness (QED) is 0.712. The lowest BCUT2D eigenvalue weighted by Gasteiger charge is -2.29. The molecule has 1 atom stereocenters. The molecule has 5 rings (SSSR count). The summed E-state index contributed by atoms with van der Waals surface area (Å²) in [6.45, 7) is 1.68. The van der Waals surface area contributed by atoms with E-state index in [2.05, 4.69) is 23.1 Å². The molecule has 140 valence electrons. The van der Waals surface area contributed by atoms with E-state index in [0.29, 0.717) is 11.2 Å². The molecule has 2 aliphatic rings. The lowest BCUT2D eigenvalue weighted by molar-refractivity contribution is 0.0951. The predicted octanol–water partition coefficient (Wildman–Crippen LogP) is 2.95. The van der Waals surface area contributed by atoms with Crippen LogP contribution in [0, 0.1) is 5.92 Å². The molecule has 1 saturated carbocycles. The van der Waals surface area contributed by atoms with Crippen LogP contribution in [0.4, 0.5) is 14.6 Å². The molecular weight excluding hydrogens is 350 g/mol. The van der Waals surface area contributed by atoms with Gasteiger partial charge in [-0.3, -0.25) is 9.13 Å². The van der Waals surface area contributed by atoms with Gasteiger partial charge >= 0.3 is 5.69 Å². The molecule has 0 saturated heterocycles. The third kappa shape index (κ3) is 2.64. The Bertz CT molecular complexity index is 1100. The van der Waals surface area contributed by atoms with Gasteiger partial charge in [0, 0.05) is 39.0 Å². The van der Waals surface area contributed by atoms with Gasteiger partial charge in [0.2, 0.25) is 0 Å². The molecule has 1 aliphatic heterocycles. The van der Waals surface area contributed by atoms with Gasteiger partial charge in [0.1, 0.15) is 5.82 Å². The molecule has 3 aromatic rings. The first-order valence-electron chi connectivity index (χ1n) is 9.20. The number of benzene rings is 1. The number of nitrogens with zero attached hydrogens (tertiary/aromatic N) is 4. The van der Waals surface area contributed by atoms with E-state index in [4.69, 9.17) is 4.98 Å². The number of aromatic nitrogens is 3. The summed E-state index contributed by atoms with van der Waals surface area (Å²) in [6.07, 6.45) is 0.807. The molecule has 3 heterocycles. The second kappa shape index (κ2) is 5.65. The highest BCUT2D eigenvalue weighted by atomic mass is 19.3. The summed E-state index contributed by atoms with van der Waals surface area (Å²) in [6, 6.07) is 12.1. The Labute approximate surface area is 154 Å². The summed E-state index contributed by atoms with van der Waals surface area (Å²) in [7, 11) is 1.65. The van der Waals surface area contributed by atoms with Gasteiger partial charge in [-0.05, 0) is 29.7 Å². The normalized spacial score (nSPS) is 20.7. The van der Waals surface area contributed by atoms with Crippen LogP contribution in [-0.4, -0.2) is 26.6 Å². The molecule has 0 N–H and O–H groups in total. The van der Waals surface area contributed by atoms with Crippen LogP contribution in [0.1, 0.15) is 17.5 Å². The average Bonchev–Trinajstić information content (AvgIpc) is 3.22. The van der Waals surface area contributed by atoms with Crippen molar-refractivity contribution in [2.24, 2.45) is 13.0 Å². The maximum absolute atomic E-state index is 13.3. The molecule has 2 aromatic heterocycles. The Kier molecular flexibility index (Phi) is 3.44. The van der Waals surface area contributed by atoms with Gasteiger partial charge in [-0.2, -0.15) is 0 Å².